The maximum atomic E-state index is 12.6. The molecule has 12 heteroatoms. The highest BCUT2D eigenvalue weighted by Gasteiger charge is 2.32. The fourth-order valence-corrected chi connectivity index (χ4v) is 4.14. The lowest BCUT2D eigenvalue weighted by molar-refractivity contribution is -0.141. The Morgan fingerprint density at radius 1 is 1.03 bits per heavy atom. The van der Waals surface area contributed by atoms with Crippen LogP contribution < -0.4 is 9.62 Å². The summed E-state index contributed by atoms with van der Waals surface area (Å²) in [6.45, 7) is 0.101. The second-order valence-corrected chi connectivity index (χ2v) is 8.87. The van der Waals surface area contributed by atoms with Crippen molar-refractivity contribution in [3.05, 3.63) is 93.2 Å². The zero-order valence-corrected chi connectivity index (χ0v) is 19.6. The maximum Gasteiger partial charge on any atom is 0.433 e. The summed E-state index contributed by atoms with van der Waals surface area (Å²) >= 11 is 9.39. The lowest BCUT2D eigenvalue weighted by Crippen LogP contribution is -2.28. The van der Waals surface area contributed by atoms with Gasteiger partial charge in [-0.1, -0.05) is 29.3 Å². The number of alkyl halides is 3. The van der Waals surface area contributed by atoms with Gasteiger partial charge in [0.15, 0.2) is 0 Å². The molecule has 1 N–H and O–H groups in total. The van der Waals surface area contributed by atoms with Crippen LogP contribution in [0.25, 0.3) is 0 Å². The van der Waals surface area contributed by atoms with E-state index >= 15 is 0 Å². The van der Waals surface area contributed by atoms with Crippen LogP contribution in [-0.4, -0.2) is 26.2 Å². The summed E-state index contributed by atoms with van der Waals surface area (Å²) < 4.78 is 62.3. The van der Waals surface area contributed by atoms with Gasteiger partial charge >= 0.3 is 6.18 Å². The summed E-state index contributed by atoms with van der Waals surface area (Å²) in [6, 6.07) is 12.9. The van der Waals surface area contributed by atoms with Gasteiger partial charge in [0.05, 0.1) is 0 Å². The van der Waals surface area contributed by atoms with Crippen LogP contribution in [0, 0.1) is 0 Å². The summed E-state index contributed by atoms with van der Waals surface area (Å²) in [4.78, 5) is 15.7. The Balaban J connectivity index is 1.61. The van der Waals surface area contributed by atoms with Crippen molar-refractivity contribution < 1.29 is 26.7 Å². The molecule has 0 saturated heterocycles. The molecule has 0 spiro atoms. The molecule has 6 nitrogen and oxygen atoms in total. The third-order valence-corrected chi connectivity index (χ3v) is 5.88. The van der Waals surface area contributed by atoms with Crippen LogP contribution in [0.4, 0.5) is 18.9 Å². The predicted octanol–water partition coefficient (Wildman–Crippen LogP) is 5.18. The molecular weight excluding hydrogens is 514 g/mol. The number of hydrogen-bond acceptors (Lipinski definition) is 4. The molecule has 34 heavy (non-hydrogen) atoms. The third kappa shape index (κ3) is 7.17. The number of benzene rings is 2. The molecule has 0 saturated carbocycles. The number of anilines is 1. The first-order valence-electron chi connectivity index (χ1n) is 9.75. The zero-order chi connectivity index (χ0) is 24.9. The van der Waals surface area contributed by atoms with Gasteiger partial charge in [-0.15, -0.1) is 0 Å². The first-order valence-corrected chi connectivity index (χ1v) is 11.5. The van der Waals surface area contributed by atoms with Crippen LogP contribution in [-0.2, 0) is 30.4 Å². The van der Waals surface area contributed by atoms with Crippen LogP contribution in [0.15, 0.2) is 60.8 Å². The van der Waals surface area contributed by atoms with Gasteiger partial charge in [0.25, 0.3) is 5.91 Å². The van der Waals surface area contributed by atoms with Gasteiger partial charge in [-0.2, -0.15) is 13.2 Å². The van der Waals surface area contributed by atoms with Crippen molar-refractivity contribution in [3.8, 4) is 0 Å². The quantitative estimate of drug-likeness (QED) is 0.406. The van der Waals surface area contributed by atoms with Crippen molar-refractivity contribution in [2.75, 3.05) is 10.8 Å². The Hall–Kier alpha value is -2.66. The van der Waals surface area contributed by atoms with Crippen LogP contribution in [0.5, 0.6) is 0 Å². The standard InChI is InChI=1S/C22H18Cl2F3N3O3S/c23-17-9-14(10-18(24)11-17)7-8-30(34(32)33)19-4-2-16(3-5-19)21(31)29-13-15-1-6-20(28-12-15)22(25,26)27/h1-6,9-12H,7-8,13H2,(H,29,31)(H,32,33)/p-1. The van der Waals surface area contributed by atoms with E-state index in [4.69, 9.17) is 23.2 Å². The fourth-order valence-electron chi connectivity index (χ4n) is 3.04. The predicted molar refractivity (Wildman–Crippen MR) is 123 cm³/mol. The minimum atomic E-state index is -4.54. The number of nitrogens with one attached hydrogen (secondary N) is 1. The monoisotopic (exact) mass is 530 g/mol. The molecule has 0 aliphatic heterocycles. The van der Waals surface area contributed by atoms with Gasteiger partial charge < -0.3 is 14.2 Å². The highest BCUT2D eigenvalue weighted by atomic mass is 35.5. The molecule has 1 atom stereocenters. The maximum absolute atomic E-state index is 12.6. The van der Waals surface area contributed by atoms with E-state index in [1.807, 2.05) is 0 Å². The normalized spacial score (nSPS) is 12.3. The average Bonchev–Trinajstić information content (AvgIpc) is 2.77. The van der Waals surface area contributed by atoms with Crippen molar-refractivity contribution in [1.82, 2.24) is 10.3 Å². The average molecular weight is 531 g/mol. The molecule has 0 aliphatic rings. The lowest BCUT2D eigenvalue weighted by atomic mass is 10.1. The first kappa shape index (κ1) is 26.0. The summed E-state index contributed by atoms with van der Waals surface area (Å²) in [5.41, 5.74) is 0.748. The number of carbonyl (C=O) groups excluding carboxylic acids is 1. The summed E-state index contributed by atoms with van der Waals surface area (Å²) in [7, 11) is 0. The minimum absolute atomic E-state index is 0.0232. The third-order valence-electron chi connectivity index (χ3n) is 4.69. The second kappa shape index (κ2) is 11.2. The van der Waals surface area contributed by atoms with E-state index in [0.29, 0.717) is 27.7 Å². The van der Waals surface area contributed by atoms with Gasteiger partial charge in [0.2, 0.25) is 0 Å². The Kier molecular flexibility index (Phi) is 8.53. The van der Waals surface area contributed by atoms with E-state index in [2.05, 4.69) is 10.3 Å². The van der Waals surface area contributed by atoms with E-state index in [1.54, 1.807) is 18.2 Å². The van der Waals surface area contributed by atoms with Crippen molar-refractivity contribution in [2.24, 2.45) is 0 Å². The van der Waals surface area contributed by atoms with Crippen LogP contribution in [0.2, 0.25) is 10.0 Å². The van der Waals surface area contributed by atoms with E-state index in [9.17, 15) is 26.7 Å². The Morgan fingerprint density at radius 2 is 1.68 bits per heavy atom. The molecule has 0 bridgehead atoms. The molecule has 2 aromatic carbocycles. The zero-order valence-electron chi connectivity index (χ0n) is 17.3. The van der Waals surface area contributed by atoms with Gasteiger partial charge in [-0.3, -0.25) is 14.0 Å². The lowest BCUT2D eigenvalue weighted by Gasteiger charge is -2.26. The van der Waals surface area contributed by atoms with Gasteiger partial charge in [0.1, 0.15) is 5.69 Å². The molecule has 3 aromatic rings. The van der Waals surface area contributed by atoms with E-state index in [-0.39, 0.29) is 18.7 Å². The SMILES string of the molecule is O=C(NCc1ccc(C(F)(F)F)nc1)c1ccc(N(CCc2cc(Cl)cc(Cl)c2)S(=O)[O-])cc1. The number of pyridine rings is 1. The summed E-state index contributed by atoms with van der Waals surface area (Å²) in [6.07, 6.45) is -3.13. The van der Waals surface area contributed by atoms with Gasteiger partial charge in [-0.25, -0.2) is 0 Å². The number of aromatic nitrogens is 1. The van der Waals surface area contributed by atoms with Crippen LogP contribution in [0.3, 0.4) is 0 Å². The van der Waals surface area contributed by atoms with E-state index in [1.165, 1.54) is 30.3 Å². The number of amides is 1. The minimum Gasteiger partial charge on any atom is -0.755 e. The largest absolute Gasteiger partial charge is 0.755 e. The van der Waals surface area contributed by atoms with Crippen molar-refractivity contribution in [1.29, 1.82) is 0 Å². The highest BCUT2D eigenvalue weighted by molar-refractivity contribution is 7.80. The van der Waals surface area contributed by atoms with Crippen molar-refractivity contribution >= 4 is 46.1 Å². The van der Waals surface area contributed by atoms with Crippen molar-refractivity contribution in [2.45, 2.75) is 19.1 Å². The number of rotatable bonds is 8. The molecular formula is C22H17Cl2F3N3O3S-. The Labute approximate surface area is 206 Å². The van der Waals surface area contributed by atoms with Crippen LogP contribution >= 0.6 is 23.2 Å². The second-order valence-electron chi connectivity index (χ2n) is 7.13. The molecule has 180 valence electrons. The van der Waals surface area contributed by atoms with Gasteiger partial charge in [0, 0.05) is 51.8 Å². The molecule has 0 radical (unpaired) electrons. The molecule has 0 aliphatic carbocycles. The summed E-state index contributed by atoms with van der Waals surface area (Å²) in [5, 5.41) is 3.47. The molecule has 1 heterocycles. The van der Waals surface area contributed by atoms with E-state index in [0.717, 1.165) is 22.1 Å². The first-order chi connectivity index (χ1) is 16.0. The Bertz CT molecular complexity index is 1160. The number of hydrogen-bond donors (Lipinski definition) is 1. The molecule has 3 rings (SSSR count). The number of nitrogens with zero attached hydrogens (tertiary/aromatic N) is 2. The van der Waals surface area contributed by atoms with Crippen LogP contribution in [0.1, 0.15) is 27.2 Å². The molecule has 1 unspecified atom stereocenters. The smallest absolute Gasteiger partial charge is 0.433 e. The molecule has 1 aromatic heterocycles. The van der Waals surface area contributed by atoms with Gasteiger partial charge in [-0.05, 0) is 66.1 Å². The highest BCUT2D eigenvalue weighted by Crippen LogP contribution is 2.27. The summed E-state index contributed by atoms with van der Waals surface area (Å²) in [5.74, 6) is -0.477. The van der Waals surface area contributed by atoms with E-state index < -0.39 is 29.0 Å². The Morgan fingerprint density at radius 3 is 2.21 bits per heavy atom. The molecule has 1 amide bonds. The number of carbonyl (C=O) groups is 1. The van der Waals surface area contributed by atoms with Crippen molar-refractivity contribution in [3.63, 3.8) is 0 Å². The fraction of sp³-hybridized carbons (Fsp3) is 0.182. The molecule has 0 fully saturated rings. The number of halogens is 5. The topological polar surface area (TPSA) is 85.4 Å².